The van der Waals surface area contributed by atoms with E-state index >= 15 is 0 Å². The second kappa shape index (κ2) is 5.88. The number of nitrogens with zero attached hydrogens (tertiary/aromatic N) is 1. The molecule has 0 bridgehead atoms. The fourth-order valence-electron chi connectivity index (χ4n) is 1.35. The Kier molecular flexibility index (Phi) is 4.72. The molecule has 0 aliphatic rings. The second-order valence-corrected chi connectivity index (χ2v) is 4.02. The monoisotopic (exact) mass is 289 g/mol. The Morgan fingerprint density at radius 3 is 2.63 bits per heavy atom. The van der Waals surface area contributed by atoms with Crippen LogP contribution < -0.4 is 5.73 Å². The maximum absolute atomic E-state index is 12.9. The third kappa shape index (κ3) is 3.82. The molecule has 1 heterocycles. The lowest BCUT2D eigenvalue weighted by Gasteiger charge is -2.18. The van der Waals surface area contributed by atoms with E-state index in [0.29, 0.717) is 0 Å². The fraction of sp³-hybridized carbons (Fsp3) is 0.167. The van der Waals surface area contributed by atoms with Crippen LogP contribution in [-0.4, -0.2) is 16.9 Å². The van der Waals surface area contributed by atoms with Gasteiger partial charge in [-0.2, -0.15) is 13.2 Å². The van der Waals surface area contributed by atoms with Gasteiger partial charge in [0.25, 0.3) is 0 Å². The Morgan fingerprint density at radius 2 is 2.16 bits per heavy atom. The van der Waals surface area contributed by atoms with Crippen molar-refractivity contribution in [1.29, 1.82) is 5.41 Å². The van der Waals surface area contributed by atoms with Crippen LogP contribution in [0.1, 0.15) is 5.56 Å². The maximum Gasteiger partial charge on any atom is 0.400 e. The number of alkyl halides is 3. The van der Waals surface area contributed by atoms with Crippen LogP contribution in [0.3, 0.4) is 0 Å². The van der Waals surface area contributed by atoms with Crippen molar-refractivity contribution in [3.05, 3.63) is 47.8 Å². The van der Waals surface area contributed by atoms with E-state index in [0.717, 1.165) is 18.3 Å². The summed E-state index contributed by atoms with van der Waals surface area (Å²) in [6, 6.07) is 1.19. The van der Waals surface area contributed by atoms with Crippen LogP contribution in [0.4, 0.5) is 18.9 Å². The van der Waals surface area contributed by atoms with E-state index in [1.807, 2.05) is 0 Å². The van der Waals surface area contributed by atoms with Crippen molar-refractivity contribution < 1.29 is 13.2 Å². The number of anilines is 1. The minimum absolute atomic E-state index is 0.0123. The van der Waals surface area contributed by atoms with Gasteiger partial charge in [0.1, 0.15) is 5.92 Å². The van der Waals surface area contributed by atoms with E-state index in [1.165, 1.54) is 12.1 Å². The van der Waals surface area contributed by atoms with Crippen molar-refractivity contribution in [2.45, 2.75) is 6.18 Å². The fourth-order valence-corrected chi connectivity index (χ4v) is 1.45. The summed E-state index contributed by atoms with van der Waals surface area (Å²) in [4.78, 5) is 3.63. The molecule has 0 saturated carbocycles. The quantitative estimate of drug-likeness (QED) is 0.505. The third-order valence-corrected chi connectivity index (χ3v) is 2.60. The molecule has 1 aromatic rings. The van der Waals surface area contributed by atoms with E-state index < -0.39 is 17.8 Å². The van der Waals surface area contributed by atoms with Crippen molar-refractivity contribution in [2.24, 2.45) is 5.92 Å². The van der Waals surface area contributed by atoms with Gasteiger partial charge in [-0.05, 0) is 6.07 Å². The summed E-state index contributed by atoms with van der Waals surface area (Å²) in [5.74, 6) is -2.05. The van der Waals surface area contributed by atoms with Crippen molar-refractivity contribution >= 4 is 23.0 Å². The summed E-state index contributed by atoms with van der Waals surface area (Å²) in [6.07, 6.45) is -0.299. The van der Waals surface area contributed by atoms with Crippen molar-refractivity contribution in [1.82, 2.24) is 4.98 Å². The molecular weight excluding hydrogens is 279 g/mol. The molecule has 7 heteroatoms. The topological polar surface area (TPSA) is 62.8 Å². The Bertz CT molecular complexity index is 523. The number of nitrogens with one attached hydrogen (secondary N) is 1. The first-order valence-corrected chi connectivity index (χ1v) is 5.51. The summed E-state index contributed by atoms with van der Waals surface area (Å²) in [5.41, 5.74) is 4.81. The van der Waals surface area contributed by atoms with Crippen molar-refractivity contribution in [3.8, 4) is 0 Å². The highest BCUT2D eigenvalue weighted by Crippen LogP contribution is 2.31. The average molecular weight is 290 g/mol. The van der Waals surface area contributed by atoms with E-state index in [4.69, 9.17) is 22.7 Å². The van der Waals surface area contributed by atoms with Gasteiger partial charge in [0.2, 0.25) is 0 Å². The number of nitrogen functional groups attached to an aromatic ring is 1. The first-order valence-electron chi connectivity index (χ1n) is 5.13. The van der Waals surface area contributed by atoms with Crippen LogP contribution in [0.15, 0.2) is 37.1 Å². The lowest BCUT2D eigenvalue weighted by Crippen LogP contribution is -2.29. The number of hydrogen-bond donors (Lipinski definition) is 2. The van der Waals surface area contributed by atoms with E-state index in [1.54, 1.807) is 0 Å². The third-order valence-electron chi connectivity index (χ3n) is 2.28. The van der Waals surface area contributed by atoms with Crippen LogP contribution in [0, 0.1) is 11.3 Å². The zero-order chi connectivity index (χ0) is 14.6. The number of pyridine rings is 1. The Balaban J connectivity index is 3.15. The standard InChI is InChI=1S/C12H11ClF3N3/c1-2-3-4-8(12(14,15)16)10(18)7-5-9(17)11(13)19-6-7/h2-6,8,18H,1,17H2. The molecule has 19 heavy (non-hydrogen) atoms. The van der Waals surface area contributed by atoms with Gasteiger partial charge >= 0.3 is 6.18 Å². The lowest BCUT2D eigenvalue weighted by molar-refractivity contribution is -0.143. The summed E-state index contributed by atoms with van der Waals surface area (Å²) in [7, 11) is 0. The Hall–Kier alpha value is -1.82. The number of rotatable bonds is 4. The zero-order valence-corrected chi connectivity index (χ0v) is 10.5. The van der Waals surface area contributed by atoms with E-state index in [-0.39, 0.29) is 16.4 Å². The highest BCUT2D eigenvalue weighted by atomic mass is 35.5. The van der Waals surface area contributed by atoms with Crippen LogP contribution in [0.5, 0.6) is 0 Å². The van der Waals surface area contributed by atoms with Crippen LogP contribution in [0.2, 0.25) is 5.15 Å². The molecule has 0 spiro atoms. The molecule has 0 fully saturated rings. The minimum Gasteiger partial charge on any atom is -0.396 e. The smallest absolute Gasteiger partial charge is 0.396 e. The Morgan fingerprint density at radius 1 is 1.53 bits per heavy atom. The van der Waals surface area contributed by atoms with Gasteiger partial charge in [0.15, 0.2) is 5.15 Å². The number of nitrogens with two attached hydrogens (primary N) is 1. The SMILES string of the molecule is C=CC=CC(C(=N)c1cnc(Cl)c(N)c1)C(F)(F)F. The molecule has 1 aromatic heterocycles. The molecule has 1 rings (SSSR count). The molecule has 1 atom stereocenters. The molecule has 1 unspecified atom stereocenters. The van der Waals surface area contributed by atoms with E-state index in [2.05, 4.69) is 11.6 Å². The Labute approximate surface area is 113 Å². The van der Waals surface area contributed by atoms with Gasteiger partial charge in [0.05, 0.1) is 11.4 Å². The zero-order valence-electron chi connectivity index (χ0n) is 9.71. The lowest BCUT2D eigenvalue weighted by atomic mass is 9.96. The number of hydrogen-bond acceptors (Lipinski definition) is 3. The highest BCUT2D eigenvalue weighted by molar-refractivity contribution is 6.31. The summed E-state index contributed by atoms with van der Waals surface area (Å²) < 4.78 is 38.6. The highest BCUT2D eigenvalue weighted by Gasteiger charge is 2.41. The molecule has 0 aliphatic carbocycles. The second-order valence-electron chi connectivity index (χ2n) is 3.66. The van der Waals surface area contributed by atoms with Gasteiger partial charge in [-0.15, -0.1) is 0 Å². The van der Waals surface area contributed by atoms with Gasteiger partial charge < -0.3 is 11.1 Å². The molecule has 0 radical (unpaired) electrons. The number of allylic oxidation sites excluding steroid dienone is 3. The van der Waals surface area contributed by atoms with Gasteiger partial charge in [-0.25, -0.2) is 4.98 Å². The first kappa shape index (κ1) is 15.2. The molecule has 0 aliphatic heterocycles. The maximum atomic E-state index is 12.9. The van der Waals surface area contributed by atoms with Crippen LogP contribution >= 0.6 is 11.6 Å². The van der Waals surface area contributed by atoms with Crippen molar-refractivity contribution in [2.75, 3.05) is 5.73 Å². The van der Waals surface area contributed by atoms with Crippen molar-refractivity contribution in [3.63, 3.8) is 0 Å². The van der Waals surface area contributed by atoms with Crippen LogP contribution in [0.25, 0.3) is 0 Å². The molecule has 0 amide bonds. The largest absolute Gasteiger partial charge is 0.400 e. The molecule has 0 aromatic carbocycles. The predicted molar refractivity (Wildman–Crippen MR) is 69.4 cm³/mol. The summed E-state index contributed by atoms with van der Waals surface area (Å²) in [5, 5.41) is 7.63. The predicted octanol–water partition coefficient (Wildman–Crippen LogP) is 3.61. The van der Waals surface area contributed by atoms with Gasteiger partial charge in [0, 0.05) is 11.8 Å². The molecule has 0 saturated heterocycles. The molecule has 102 valence electrons. The van der Waals surface area contributed by atoms with Gasteiger partial charge in [-0.3, -0.25) is 0 Å². The normalized spacial score (nSPS) is 13.5. The number of halogens is 4. The van der Waals surface area contributed by atoms with Crippen LogP contribution in [-0.2, 0) is 0 Å². The minimum atomic E-state index is -4.58. The van der Waals surface area contributed by atoms with E-state index in [9.17, 15) is 13.2 Å². The molecule has 3 nitrogen and oxygen atoms in total. The molecule has 3 N–H and O–H groups in total. The molecular formula is C12H11ClF3N3. The average Bonchev–Trinajstić information content (AvgIpc) is 2.31. The first-order chi connectivity index (χ1) is 8.77. The van der Waals surface area contributed by atoms with Gasteiger partial charge in [-0.1, -0.05) is 36.4 Å². The number of aromatic nitrogens is 1. The summed E-state index contributed by atoms with van der Waals surface area (Å²) >= 11 is 5.58. The summed E-state index contributed by atoms with van der Waals surface area (Å²) in [6.45, 7) is 3.30.